The summed E-state index contributed by atoms with van der Waals surface area (Å²) in [5.41, 5.74) is 0.507. The second kappa shape index (κ2) is 8.73. The van der Waals surface area contributed by atoms with Gasteiger partial charge in [0.15, 0.2) is 0 Å². The van der Waals surface area contributed by atoms with Gasteiger partial charge < -0.3 is 24.2 Å². The average molecular weight is 309 g/mol. The Bertz CT molecular complexity index is 473. The van der Waals surface area contributed by atoms with E-state index in [9.17, 15) is 9.90 Å². The Labute approximate surface area is 130 Å². The van der Waals surface area contributed by atoms with Gasteiger partial charge in [0.1, 0.15) is 18.5 Å². The van der Waals surface area contributed by atoms with Gasteiger partial charge in [0.25, 0.3) is 5.91 Å². The fourth-order valence-corrected chi connectivity index (χ4v) is 2.19. The molecule has 0 saturated carbocycles. The van der Waals surface area contributed by atoms with Crippen LogP contribution in [0.25, 0.3) is 0 Å². The molecule has 122 valence electrons. The highest BCUT2D eigenvalue weighted by Gasteiger charge is 2.21. The van der Waals surface area contributed by atoms with Gasteiger partial charge in [-0.05, 0) is 19.1 Å². The van der Waals surface area contributed by atoms with Gasteiger partial charge in [0.05, 0.1) is 25.4 Å². The van der Waals surface area contributed by atoms with Crippen molar-refractivity contribution >= 4 is 5.91 Å². The number of aliphatic hydroxyl groups is 1. The van der Waals surface area contributed by atoms with Gasteiger partial charge >= 0.3 is 0 Å². The molecule has 1 saturated heterocycles. The Hall–Kier alpha value is -1.63. The largest absolute Gasteiger partial charge is 0.490 e. The SMILES string of the molecule is CCOCC(O)COc1ccccc1C(=O)N1CCOCC1. The van der Waals surface area contributed by atoms with Crippen LogP contribution in [0.2, 0.25) is 0 Å². The average Bonchev–Trinajstić information content (AvgIpc) is 2.58. The predicted molar refractivity (Wildman–Crippen MR) is 81.2 cm³/mol. The summed E-state index contributed by atoms with van der Waals surface area (Å²) in [5, 5.41) is 9.76. The van der Waals surface area contributed by atoms with Crippen LogP contribution in [0.3, 0.4) is 0 Å². The zero-order chi connectivity index (χ0) is 15.8. The smallest absolute Gasteiger partial charge is 0.257 e. The van der Waals surface area contributed by atoms with Crippen LogP contribution in [0.1, 0.15) is 17.3 Å². The minimum Gasteiger partial charge on any atom is -0.490 e. The zero-order valence-electron chi connectivity index (χ0n) is 12.9. The molecule has 1 heterocycles. The summed E-state index contributed by atoms with van der Waals surface area (Å²) < 4.78 is 16.0. The minimum absolute atomic E-state index is 0.0711. The van der Waals surface area contributed by atoms with Crippen LogP contribution >= 0.6 is 0 Å². The Kier molecular flexibility index (Phi) is 6.64. The molecule has 22 heavy (non-hydrogen) atoms. The first kappa shape index (κ1) is 16.7. The third kappa shape index (κ3) is 4.69. The van der Waals surface area contributed by atoms with Crippen LogP contribution in [0.5, 0.6) is 5.75 Å². The van der Waals surface area contributed by atoms with Crippen molar-refractivity contribution in [3.05, 3.63) is 29.8 Å². The molecular formula is C16H23NO5. The van der Waals surface area contributed by atoms with Gasteiger partial charge in [-0.1, -0.05) is 12.1 Å². The van der Waals surface area contributed by atoms with E-state index in [-0.39, 0.29) is 19.1 Å². The highest BCUT2D eigenvalue weighted by Crippen LogP contribution is 2.20. The maximum atomic E-state index is 12.5. The zero-order valence-corrected chi connectivity index (χ0v) is 12.9. The fourth-order valence-electron chi connectivity index (χ4n) is 2.19. The van der Waals surface area contributed by atoms with Gasteiger partial charge in [0.2, 0.25) is 0 Å². The van der Waals surface area contributed by atoms with Crippen molar-refractivity contribution in [2.45, 2.75) is 13.0 Å². The first-order chi connectivity index (χ1) is 10.7. The van der Waals surface area contributed by atoms with Crippen molar-refractivity contribution in [2.75, 3.05) is 46.1 Å². The van der Waals surface area contributed by atoms with Gasteiger partial charge in [-0.15, -0.1) is 0 Å². The number of carbonyl (C=O) groups is 1. The highest BCUT2D eigenvalue weighted by molar-refractivity contribution is 5.97. The van der Waals surface area contributed by atoms with E-state index < -0.39 is 6.10 Å². The molecule has 1 aromatic rings. The van der Waals surface area contributed by atoms with Gasteiger partial charge in [-0.25, -0.2) is 0 Å². The second-order valence-electron chi connectivity index (χ2n) is 5.03. The van der Waals surface area contributed by atoms with E-state index >= 15 is 0 Å². The number of para-hydroxylation sites is 1. The molecular weight excluding hydrogens is 286 g/mol. The Morgan fingerprint density at radius 1 is 1.32 bits per heavy atom. The summed E-state index contributed by atoms with van der Waals surface area (Å²) in [6.45, 7) is 5.00. The Balaban J connectivity index is 1.98. The number of aliphatic hydroxyl groups excluding tert-OH is 1. The summed E-state index contributed by atoms with van der Waals surface area (Å²) in [7, 11) is 0. The molecule has 0 spiro atoms. The van der Waals surface area contributed by atoms with Gasteiger partial charge in [-0.2, -0.15) is 0 Å². The first-order valence-electron chi connectivity index (χ1n) is 7.57. The topological polar surface area (TPSA) is 68.2 Å². The minimum atomic E-state index is -0.716. The lowest BCUT2D eigenvalue weighted by molar-refractivity contribution is 0.0156. The molecule has 6 heteroatoms. The van der Waals surface area contributed by atoms with Crippen LogP contribution < -0.4 is 4.74 Å². The third-order valence-electron chi connectivity index (χ3n) is 3.36. The number of carbonyl (C=O) groups excluding carboxylic acids is 1. The molecule has 6 nitrogen and oxygen atoms in total. The molecule has 0 radical (unpaired) electrons. The van der Waals surface area contributed by atoms with Gasteiger partial charge in [-0.3, -0.25) is 4.79 Å². The van der Waals surface area contributed by atoms with E-state index in [2.05, 4.69) is 0 Å². The molecule has 2 rings (SSSR count). The number of morpholine rings is 1. The number of ether oxygens (including phenoxy) is 3. The summed E-state index contributed by atoms with van der Waals surface area (Å²) in [4.78, 5) is 14.3. The van der Waals surface area contributed by atoms with Gasteiger partial charge in [0, 0.05) is 19.7 Å². The van der Waals surface area contributed by atoms with Crippen molar-refractivity contribution in [1.82, 2.24) is 4.90 Å². The van der Waals surface area contributed by atoms with Crippen LogP contribution in [-0.4, -0.2) is 68.1 Å². The lowest BCUT2D eigenvalue weighted by atomic mass is 10.1. The molecule has 1 N–H and O–H groups in total. The second-order valence-corrected chi connectivity index (χ2v) is 5.03. The van der Waals surface area contributed by atoms with E-state index in [1.165, 1.54) is 0 Å². The molecule has 1 aliphatic heterocycles. The summed E-state index contributed by atoms with van der Waals surface area (Å²) in [6.07, 6.45) is -0.716. The molecule has 1 unspecified atom stereocenters. The standard InChI is InChI=1S/C16H23NO5/c1-2-20-11-13(18)12-22-15-6-4-3-5-14(15)16(19)17-7-9-21-10-8-17/h3-6,13,18H,2,7-12H2,1H3. The molecule has 0 bridgehead atoms. The van der Waals surface area contributed by atoms with E-state index in [0.29, 0.717) is 44.2 Å². The first-order valence-corrected chi connectivity index (χ1v) is 7.57. The lowest BCUT2D eigenvalue weighted by Crippen LogP contribution is -2.40. The molecule has 1 aromatic carbocycles. The van der Waals surface area contributed by atoms with Crippen molar-refractivity contribution in [3.8, 4) is 5.75 Å². The number of hydrogen-bond donors (Lipinski definition) is 1. The monoisotopic (exact) mass is 309 g/mol. The number of benzene rings is 1. The quantitative estimate of drug-likeness (QED) is 0.812. The Morgan fingerprint density at radius 3 is 2.77 bits per heavy atom. The van der Waals surface area contributed by atoms with Crippen molar-refractivity contribution in [1.29, 1.82) is 0 Å². The molecule has 1 fully saturated rings. The fraction of sp³-hybridized carbons (Fsp3) is 0.562. The van der Waals surface area contributed by atoms with E-state index in [1.807, 2.05) is 6.92 Å². The molecule has 1 amide bonds. The van der Waals surface area contributed by atoms with Crippen molar-refractivity contribution in [3.63, 3.8) is 0 Å². The summed E-state index contributed by atoms with van der Waals surface area (Å²) in [5.74, 6) is 0.410. The summed E-state index contributed by atoms with van der Waals surface area (Å²) in [6, 6.07) is 7.08. The lowest BCUT2D eigenvalue weighted by Gasteiger charge is -2.27. The molecule has 0 aromatic heterocycles. The van der Waals surface area contributed by atoms with Crippen molar-refractivity contribution < 1.29 is 24.1 Å². The van der Waals surface area contributed by atoms with E-state index in [4.69, 9.17) is 14.2 Å². The van der Waals surface area contributed by atoms with Crippen LogP contribution in [0.15, 0.2) is 24.3 Å². The molecule has 1 aliphatic rings. The number of hydrogen-bond acceptors (Lipinski definition) is 5. The third-order valence-corrected chi connectivity index (χ3v) is 3.36. The highest BCUT2D eigenvalue weighted by atomic mass is 16.5. The van der Waals surface area contributed by atoms with E-state index in [1.54, 1.807) is 29.2 Å². The van der Waals surface area contributed by atoms with Crippen LogP contribution in [0.4, 0.5) is 0 Å². The van der Waals surface area contributed by atoms with Crippen LogP contribution in [-0.2, 0) is 9.47 Å². The Morgan fingerprint density at radius 2 is 2.05 bits per heavy atom. The number of amides is 1. The molecule has 0 aliphatic carbocycles. The maximum Gasteiger partial charge on any atom is 0.257 e. The summed E-state index contributed by atoms with van der Waals surface area (Å²) >= 11 is 0. The van der Waals surface area contributed by atoms with E-state index in [0.717, 1.165) is 0 Å². The van der Waals surface area contributed by atoms with Crippen LogP contribution in [0, 0.1) is 0 Å². The van der Waals surface area contributed by atoms with Crippen molar-refractivity contribution in [2.24, 2.45) is 0 Å². The predicted octanol–water partition coefficient (Wildman–Crippen LogP) is 0.935. The molecule has 1 atom stereocenters. The number of rotatable bonds is 7. The number of nitrogens with zero attached hydrogens (tertiary/aromatic N) is 1. The maximum absolute atomic E-state index is 12.5. The normalized spacial score (nSPS) is 16.4.